The summed E-state index contributed by atoms with van der Waals surface area (Å²) in [5.74, 6) is -2.20. The van der Waals surface area contributed by atoms with Crippen LogP contribution in [0.4, 0.5) is 8.78 Å². The summed E-state index contributed by atoms with van der Waals surface area (Å²) in [6.07, 6.45) is 0. The van der Waals surface area contributed by atoms with Crippen LogP contribution in [-0.2, 0) is 0 Å². The van der Waals surface area contributed by atoms with Crippen molar-refractivity contribution in [2.75, 3.05) is 0 Å². The quantitative estimate of drug-likeness (QED) is 0.660. The van der Waals surface area contributed by atoms with E-state index in [0.717, 1.165) is 6.07 Å². The number of halogens is 2. The summed E-state index contributed by atoms with van der Waals surface area (Å²) in [7, 11) is 0. The molecular weight excluding hydrogens is 174 g/mol. The molecule has 13 heavy (non-hydrogen) atoms. The molecule has 0 saturated carbocycles. The topological polar surface area (TPSA) is 20.2 Å². The summed E-state index contributed by atoms with van der Waals surface area (Å²) in [6.45, 7) is 0. The monoisotopic (exact) mass is 180 g/mol. The first-order valence-electron chi connectivity index (χ1n) is 3.76. The van der Waals surface area contributed by atoms with Gasteiger partial charge in [0.05, 0.1) is 5.39 Å². The van der Waals surface area contributed by atoms with E-state index in [1.54, 1.807) is 12.1 Å². The van der Waals surface area contributed by atoms with Gasteiger partial charge in [-0.05, 0) is 17.5 Å². The van der Waals surface area contributed by atoms with Crippen molar-refractivity contribution in [3.8, 4) is 5.75 Å². The molecule has 0 aliphatic carbocycles. The van der Waals surface area contributed by atoms with Gasteiger partial charge in [-0.25, -0.2) is 8.78 Å². The van der Waals surface area contributed by atoms with E-state index < -0.39 is 11.6 Å². The van der Waals surface area contributed by atoms with Crippen LogP contribution in [0.25, 0.3) is 10.8 Å². The number of aromatic hydroxyl groups is 1. The normalized spacial score (nSPS) is 10.6. The van der Waals surface area contributed by atoms with E-state index >= 15 is 0 Å². The highest BCUT2D eigenvalue weighted by atomic mass is 19.2. The van der Waals surface area contributed by atoms with Gasteiger partial charge in [0.25, 0.3) is 0 Å². The molecule has 0 bridgehead atoms. The van der Waals surface area contributed by atoms with Gasteiger partial charge in [-0.3, -0.25) is 0 Å². The largest absolute Gasteiger partial charge is 0.507 e. The third kappa shape index (κ3) is 1.13. The van der Waals surface area contributed by atoms with Crippen LogP contribution in [0.1, 0.15) is 0 Å². The van der Waals surface area contributed by atoms with E-state index in [0.29, 0.717) is 5.39 Å². The molecule has 2 rings (SSSR count). The van der Waals surface area contributed by atoms with E-state index in [1.807, 2.05) is 0 Å². The van der Waals surface area contributed by atoms with Crippen LogP contribution in [0.2, 0.25) is 0 Å². The summed E-state index contributed by atoms with van der Waals surface area (Å²) in [5, 5.41) is 9.69. The lowest BCUT2D eigenvalue weighted by Gasteiger charge is -2.01. The SMILES string of the molecule is Oc1cccc2ccc(F)c(F)c12. The fourth-order valence-electron chi connectivity index (χ4n) is 1.29. The molecule has 0 unspecified atom stereocenters. The Morgan fingerprint density at radius 3 is 2.54 bits per heavy atom. The van der Waals surface area contributed by atoms with Crippen LogP contribution in [0.5, 0.6) is 5.75 Å². The highest BCUT2D eigenvalue weighted by Crippen LogP contribution is 2.28. The summed E-state index contributed by atoms with van der Waals surface area (Å²) in [4.78, 5) is 0. The molecule has 0 fully saturated rings. The maximum Gasteiger partial charge on any atom is 0.170 e. The van der Waals surface area contributed by atoms with Gasteiger partial charge in [0.15, 0.2) is 11.6 Å². The molecule has 3 heteroatoms. The number of hydrogen-bond donors (Lipinski definition) is 1. The lowest BCUT2D eigenvalue weighted by Crippen LogP contribution is -1.85. The van der Waals surface area contributed by atoms with Gasteiger partial charge >= 0.3 is 0 Å². The Morgan fingerprint density at radius 1 is 1.00 bits per heavy atom. The van der Waals surface area contributed by atoms with Crippen molar-refractivity contribution in [1.82, 2.24) is 0 Å². The Labute approximate surface area is 73.2 Å². The van der Waals surface area contributed by atoms with Gasteiger partial charge < -0.3 is 5.11 Å². The minimum atomic E-state index is -1.00. The average molecular weight is 180 g/mol. The number of benzene rings is 2. The highest BCUT2D eigenvalue weighted by Gasteiger charge is 2.09. The molecule has 2 aromatic rings. The van der Waals surface area contributed by atoms with Crippen LogP contribution in [0.15, 0.2) is 30.3 Å². The lowest BCUT2D eigenvalue weighted by molar-refractivity contribution is 0.472. The molecular formula is C10H6F2O. The number of hydrogen-bond acceptors (Lipinski definition) is 1. The summed E-state index contributed by atoms with van der Waals surface area (Å²) >= 11 is 0. The van der Waals surface area contributed by atoms with Crippen molar-refractivity contribution in [1.29, 1.82) is 0 Å². The van der Waals surface area contributed by atoms with Gasteiger partial charge in [0.2, 0.25) is 0 Å². The van der Waals surface area contributed by atoms with E-state index in [9.17, 15) is 13.9 Å². The van der Waals surface area contributed by atoms with E-state index in [2.05, 4.69) is 0 Å². The van der Waals surface area contributed by atoms with Gasteiger partial charge in [0.1, 0.15) is 5.75 Å². The molecule has 0 saturated heterocycles. The summed E-state index contributed by atoms with van der Waals surface area (Å²) < 4.78 is 25.9. The molecule has 0 atom stereocenters. The van der Waals surface area contributed by atoms with Gasteiger partial charge in [0, 0.05) is 0 Å². The molecule has 1 N–H and O–H groups in total. The van der Waals surface area contributed by atoms with Crippen molar-refractivity contribution in [2.24, 2.45) is 0 Å². The minimum absolute atomic E-state index is 0.0671. The van der Waals surface area contributed by atoms with Gasteiger partial charge in [-0.15, -0.1) is 0 Å². The van der Waals surface area contributed by atoms with Crippen LogP contribution >= 0.6 is 0 Å². The maximum absolute atomic E-state index is 13.1. The fraction of sp³-hybridized carbons (Fsp3) is 0. The smallest absolute Gasteiger partial charge is 0.170 e. The summed E-state index contributed by atoms with van der Waals surface area (Å²) in [5.41, 5.74) is 0. The second-order valence-electron chi connectivity index (χ2n) is 2.74. The number of rotatable bonds is 0. The van der Waals surface area contributed by atoms with Crippen LogP contribution in [0, 0.1) is 11.6 Å². The second-order valence-corrected chi connectivity index (χ2v) is 2.74. The first-order valence-corrected chi connectivity index (χ1v) is 3.76. The highest BCUT2D eigenvalue weighted by molar-refractivity contribution is 5.88. The van der Waals surface area contributed by atoms with Crippen molar-refractivity contribution < 1.29 is 13.9 Å². The van der Waals surface area contributed by atoms with Crippen molar-refractivity contribution in [3.63, 3.8) is 0 Å². The molecule has 0 radical (unpaired) electrons. The zero-order valence-electron chi connectivity index (χ0n) is 6.59. The minimum Gasteiger partial charge on any atom is -0.507 e. The fourth-order valence-corrected chi connectivity index (χ4v) is 1.29. The third-order valence-electron chi connectivity index (χ3n) is 1.91. The van der Waals surface area contributed by atoms with E-state index in [-0.39, 0.29) is 11.1 Å². The summed E-state index contributed by atoms with van der Waals surface area (Å²) in [6, 6.07) is 6.97. The van der Waals surface area contributed by atoms with Gasteiger partial charge in [-0.2, -0.15) is 0 Å². The Balaban J connectivity index is 2.97. The van der Waals surface area contributed by atoms with E-state index in [1.165, 1.54) is 12.1 Å². The second kappa shape index (κ2) is 2.69. The Kier molecular flexibility index (Phi) is 1.65. The first kappa shape index (κ1) is 7.98. The van der Waals surface area contributed by atoms with Crippen molar-refractivity contribution in [2.45, 2.75) is 0 Å². The number of phenolic OH excluding ortho intramolecular Hbond substituents is 1. The van der Waals surface area contributed by atoms with Crippen LogP contribution < -0.4 is 0 Å². The Hall–Kier alpha value is -1.64. The predicted octanol–water partition coefficient (Wildman–Crippen LogP) is 2.82. The van der Waals surface area contributed by atoms with Crippen LogP contribution in [0.3, 0.4) is 0 Å². The molecule has 0 amide bonds. The molecule has 66 valence electrons. The van der Waals surface area contributed by atoms with Crippen molar-refractivity contribution in [3.05, 3.63) is 42.0 Å². The lowest BCUT2D eigenvalue weighted by atomic mass is 10.1. The molecule has 1 nitrogen and oxygen atoms in total. The Bertz CT molecular complexity index is 466. The van der Waals surface area contributed by atoms with Crippen molar-refractivity contribution >= 4 is 10.8 Å². The standard InChI is InChI=1S/C10H6F2O/c11-7-5-4-6-2-1-3-8(13)9(6)10(7)12/h1-5,13H. The predicted molar refractivity (Wildman–Crippen MR) is 45.5 cm³/mol. The molecule has 0 aliphatic rings. The first-order chi connectivity index (χ1) is 6.20. The maximum atomic E-state index is 13.1. The zero-order chi connectivity index (χ0) is 9.42. The molecule has 0 aliphatic heterocycles. The number of fused-ring (bicyclic) bond motifs is 1. The third-order valence-corrected chi connectivity index (χ3v) is 1.91. The van der Waals surface area contributed by atoms with Crippen LogP contribution in [-0.4, -0.2) is 5.11 Å². The average Bonchev–Trinajstić information content (AvgIpc) is 2.12. The molecule has 0 spiro atoms. The molecule has 2 aromatic carbocycles. The molecule has 0 heterocycles. The number of phenols is 1. The zero-order valence-corrected chi connectivity index (χ0v) is 6.59. The Morgan fingerprint density at radius 2 is 1.77 bits per heavy atom. The molecule has 0 aromatic heterocycles. The van der Waals surface area contributed by atoms with Gasteiger partial charge in [-0.1, -0.05) is 18.2 Å². The van der Waals surface area contributed by atoms with E-state index in [4.69, 9.17) is 0 Å².